The van der Waals surface area contributed by atoms with E-state index in [9.17, 15) is 26.7 Å². The molecule has 0 aliphatic rings. The number of anilines is 1. The third kappa shape index (κ3) is 4.32. The molecule has 2 aromatic carbocycles. The van der Waals surface area contributed by atoms with Crippen molar-refractivity contribution in [2.75, 3.05) is 5.32 Å². The summed E-state index contributed by atoms with van der Waals surface area (Å²) in [7, 11) is 0. The van der Waals surface area contributed by atoms with Crippen molar-refractivity contribution in [3.8, 4) is 5.75 Å². The summed E-state index contributed by atoms with van der Waals surface area (Å²) in [6.07, 6.45) is -5.03. The number of rotatable bonds is 3. The fourth-order valence-corrected chi connectivity index (χ4v) is 1.87. The number of halogens is 6. The number of ether oxygens (including phenoxy) is 1. The standard InChI is InChI=1S/C14H7ClF5NO2/c15-7-4-5-10(11(6-7)23-14(18,19)20)21-13(22)12-8(16)2-1-3-9(12)17/h1-6H,(H,21,22). The van der Waals surface area contributed by atoms with Gasteiger partial charge in [0, 0.05) is 11.1 Å². The Morgan fingerprint density at radius 1 is 1.09 bits per heavy atom. The van der Waals surface area contributed by atoms with Gasteiger partial charge in [0.1, 0.15) is 17.2 Å². The number of nitrogens with one attached hydrogen (secondary N) is 1. The molecule has 23 heavy (non-hydrogen) atoms. The first-order valence-corrected chi connectivity index (χ1v) is 6.36. The Morgan fingerprint density at radius 3 is 2.26 bits per heavy atom. The number of benzene rings is 2. The van der Waals surface area contributed by atoms with E-state index in [0.717, 1.165) is 30.3 Å². The maximum atomic E-state index is 13.5. The first-order chi connectivity index (χ1) is 10.7. The minimum absolute atomic E-state index is 0.0840. The van der Waals surface area contributed by atoms with E-state index in [4.69, 9.17) is 11.6 Å². The van der Waals surface area contributed by atoms with Crippen molar-refractivity contribution in [3.63, 3.8) is 0 Å². The van der Waals surface area contributed by atoms with Crippen LogP contribution in [0, 0.1) is 11.6 Å². The Labute approximate surface area is 131 Å². The second-order valence-corrected chi connectivity index (χ2v) is 4.68. The SMILES string of the molecule is O=C(Nc1ccc(Cl)cc1OC(F)(F)F)c1c(F)cccc1F. The summed E-state index contributed by atoms with van der Waals surface area (Å²) in [6.45, 7) is 0. The van der Waals surface area contributed by atoms with Crippen molar-refractivity contribution in [2.24, 2.45) is 0 Å². The van der Waals surface area contributed by atoms with Gasteiger partial charge >= 0.3 is 6.36 Å². The largest absolute Gasteiger partial charge is 0.573 e. The third-order valence-corrected chi connectivity index (χ3v) is 2.84. The lowest BCUT2D eigenvalue weighted by molar-refractivity contribution is -0.274. The number of amides is 1. The molecule has 2 rings (SSSR count). The van der Waals surface area contributed by atoms with E-state index in [2.05, 4.69) is 4.74 Å². The average molecular weight is 352 g/mol. The molecule has 3 nitrogen and oxygen atoms in total. The molecule has 0 heterocycles. The van der Waals surface area contributed by atoms with E-state index in [1.165, 1.54) is 6.07 Å². The van der Waals surface area contributed by atoms with Gasteiger partial charge in [0.15, 0.2) is 5.75 Å². The zero-order chi connectivity index (χ0) is 17.2. The van der Waals surface area contributed by atoms with Gasteiger partial charge < -0.3 is 10.1 Å². The van der Waals surface area contributed by atoms with Gasteiger partial charge in [-0.2, -0.15) is 0 Å². The Kier molecular flexibility index (Phi) is 4.74. The van der Waals surface area contributed by atoms with Gasteiger partial charge in [0.05, 0.1) is 5.69 Å². The molecule has 0 atom stereocenters. The van der Waals surface area contributed by atoms with Crippen molar-refractivity contribution in [2.45, 2.75) is 6.36 Å². The van der Waals surface area contributed by atoms with Gasteiger partial charge in [-0.3, -0.25) is 4.79 Å². The number of carbonyl (C=O) groups excluding carboxylic acids is 1. The molecule has 0 saturated heterocycles. The van der Waals surface area contributed by atoms with Crippen LogP contribution in [0.2, 0.25) is 5.02 Å². The lowest BCUT2D eigenvalue weighted by Gasteiger charge is -2.14. The summed E-state index contributed by atoms with van der Waals surface area (Å²) in [5, 5.41) is 1.87. The molecular weight excluding hydrogens is 345 g/mol. The van der Waals surface area contributed by atoms with Crippen LogP contribution in [0.5, 0.6) is 5.75 Å². The fraction of sp³-hybridized carbons (Fsp3) is 0.0714. The van der Waals surface area contributed by atoms with Gasteiger partial charge in [-0.05, 0) is 24.3 Å². The molecule has 0 radical (unpaired) electrons. The highest BCUT2D eigenvalue weighted by atomic mass is 35.5. The van der Waals surface area contributed by atoms with Crippen LogP contribution in [0.4, 0.5) is 27.6 Å². The topological polar surface area (TPSA) is 38.3 Å². The monoisotopic (exact) mass is 351 g/mol. The third-order valence-electron chi connectivity index (χ3n) is 2.61. The molecule has 9 heteroatoms. The lowest BCUT2D eigenvalue weighted by atomic mass is 10.1. The molecule has 0 fully saturated rings. The highest BCUT2D eigenvalue weighted by Crippen LogP contribution is 2.33. The van der Waals surface area contributed by atoms with E-state index in [1.54, 1.807) is 0 Å². The molecule has 0 aliphatic heterocycles. The molecule has 122 valence electrons. The highest BCUT2D eigenvalue weighted by Gasteiger charge is 2.32. The van der Waals surface area contributed by atoms with E-state index in [1.807, 2.05) is 5.32 Å². The maximum Gasteiger partial charge on any atom is 0.573 e. The summed E-state index contributed by atoms with van der Waals surface area (Å²) in [4.78, 5) is 11.9. The molecular formula is C14H7ClF5NO2. The smallest absolute Gasteiger partial charge is 0.404 e. The van der Waals surface area contributed by atoms with E-state index < -0.39 is 40.9 Å². The molecule has 0 bridgehead atoms. The number of carbonyl (C=O) groups is 1. The maximum absolute atomic E-state index is 13.5. The number of alkyl halides is 3. The molecule has 0 spiro atoms. The van der Waals surface area contributed by atoms with Crippen LogP contribution in [-0.4, -0.2) is 12.3 Å². The predicted octanol–water partition coefficient (Wildman–Crippen LogP) is 4.77. The molecule has 0 saturated carbocycles. The van der Waals surface area contributed by atoms with E-state index in [0.29, 0.717) is 0 Å². The summed E-state index contributed by atoms with van der Waals surface area (Å²) in [5.74, 6) is -4.39. The quantitative estimate of drug-likeness (QED) is 0.809. The number of hydrogen-bond donors (Lipinski definition) is 1. The predicted molar refractivity (Wildman–Crippen MR) is 72.4 cm³/mol. The summed E-state index contributed by atoms with van der Waals surface area (Å²) in [6, 6.07) is 5.72. The van der Waals surface area contributed by atoms with Gasteiger partial charge in [-0.15, -0.1) is 13.2 Å². The van der Waals surface area contributed by atoms with Gasteiger partial charge in [-0.25, -0.2) is 8.78 Å². The Morgan fingerprint density at radius 2 is 1.70 bits per heavy atom. The Bertz CT molecular complexity index is 728. The van der Waals surface area contributed by atoms with Gasteiger partial charge in [0.2, 0.25) is 0 Å². The Balaban J connectivity index is 2.35. The zero-order valence-corrected chi connectivity index (χ0v) is 11.8. The first kappa shape index (κ1) is 17.0. The molecule has 1 N–H and O–H groups in total. The van der Waals surface area contributed by atoms with Crippen molar-refractivity contribution >= 4 is 23.2 Å². The molecule has 2 aromatic rings. The minimum atomic E-state index is -5.03. The van der Waals surface area contributed by atoms with Crippen molar-refractivity contribution in [1.82, 2.24) is 0 Å². The fourth-order valence-electron chi connectivity index (χ4n) is 1.71. The minimum Gasteiger partial charge on any atom is -0.404 e. The van der Waals surface area contributed by atoms with Crippen LogP contribution in [0.15, 0.2) is 36.4 Å². The van der Waals surface area contributed by atoms with Crippen LogP contribution in [-0.2, 0) is 0 Å². The summed E-state index contributed by atoms with van der Waals surface area (Å²) >= 11 is 5.57. The van der Waals surface area contributed by atoms with Crippen LogP contribution >= 0.6 is 11.6 Å². The second-order valence-electron chi connectivity index (χ2n) is 4.24. The van der Waals surface area contributed by atoms with Crippen molar-refractivity contribution in [3.05, 3.63) is 58.6 Å². The van der Waals surface area contributed by atoms with Crippen LogP contribution in [0.25, 0.3) is 0 Å². The van der Waals surface area contributed by atoms with Crippen molar-refractivity contribution < 1.29 is 31.5 Å². The zero-order valence-electron chi connectivity index (χ0n) is 11.0. The first-order valence-electron chi connectivity index (χ1n) is 5.98. The van der Waals surface area contributed by atoms with Crippen LogP contribution < -0.4 is 10.1 Å². The van der Waals surface area contributed by atoms with E-state index in [-0.39, 0.29) is 5.02 Å². The lowest BCUT2D eigenvalue weighted by Crippen LogP contribution is -2.20. The molecule has 1 amide bonds. The Hall–Kier alpha value is -2.35. The molecule has 0 unspecified atom stereocenters. The van der Waals surface area contributed by atoms with Gasteiger partial charge in [0.25, 0.3) is 5.91 Å². The van der Waals surface area contributed by atoms with E-state index >= 15 is 0 Å². The molecule has 0 aliphatic carbocycles. The van der Waals surface area contributed by atoms with Gasteiger partial charge in [-0.1, -0.05) is 17.7 Å². The summed E-state index contributed by atoms with van der Waals surface area (Å²) in [5.41, 5.74) is -1.38. The summed E-state index contributed by atoms with van der Waals surface area (Å²) < 4.78 is 67.8. The highest BCUT2D eigenvalue weighted by molar-refractivity contribution is 6.30. The normalized spacial score (nSPS) is 11.2. The average Bonchev–Trinajstić information content (AvgIpc) is 2.40. The van der Waals surface area contributed by atoms with Crippen LogP contribution in [0.1, 0.15) is 10.4 Å². The number of hydrogen-bond acceptors (Lipinski definition) is 2. The second kappa shape index (κ2) is 6.41. The van der Waals surface area contributed by atoms with Crippen LogP contribution in [0.3, 0.4) is 0 Å². The van der Waals surface area contributed by atoms with Crippen molar-refractivity contribution in [1.29, 1.82) is 0 Å². The molecule has 0 aromatic heterocycles.